The quantitative estimate of drug-likeness (QED) is 0.589. The molecule has 0 saturated heterocycles. The summed E-state index contributed by atoms with van der Waals surface area (Å²) in [5, 5.41) is 0. The minimum atomic E-state index is -0.602. The third kappa shape index (κ3) is 3.75. The van der Waals surface area contributed by atoms with Crippen molar-refractivity contribution in [1.82, 2.24) is 9.13 Å². The summed E-state index contributed by atoms with van der Waals surface area (Å²) in [6.07, 6.45) is 2.62. The Morgan fingerprint density at radius 1 is 1.00 bits per heavy atom. The van der Waals surface area contributed by atoms with Crippen LogP contribution in [0.4, 0.5) is 5.69 Å². The molecular weight excluding hydrogens is 382 g/mol. The van der Waals surface area contributed by atoms with E-state index in [0.717, 1.165) is 36.0 Å². The Labute approximate surface area is 174 Å². The summed E-state index contributed by atoms with van der Waals surface area (Å²) >= 11 is 0. The van der Waals surface area contributed by atoms with Gasteiger partial charge in [-0.05, 0) is 43.0 Å². The summed E-state index contributed by atoms with van der Waals surface area (Å²) in [5.41, 5.74) is 3.23. The van der Waals surface area contributed by atoms with Gasteiger partial charge in [0, 0.05) is 18.8 Å². The van der Waals surface area contributed by atoms with E-state index in [9.17, 15) is 14.4 Å². The van der Waals surface area contributed by atoms with E-state index in [2.05, 4.69) is 0 Å². The van der Waals surface area contributed by atoms with Crippen molar-refractivity contribution < 1.29 is 14.3 Å². The molecule has 1 aromatic heterocycles. The average molecular weight is 407 g/mol. The molecule has 7 heteroatoms. The number of para-hydroxylation sites is 3. The summed E-state index contributed by atoms with van der Waals surface area (Å²) in [4.78, 5) is 39.6. The van der Waals surface area contributed by atoms with E-state index >= 15 is 0 Å². The highest BCUT2D eigenvalue weighted by Gasteiger charge is 2.23. The Kier molecular flexibility index (Phi) is 5.70. The molecule has 1 amide bonds. The van der Waals surface area contributed by atoms with Gasteiger partial charge in [-0.1, -0.05) is 37.3 Å². The first-order chi connectivity index (χ1) is 14.6. The van der Waals surface area contributed by atoms with Crippen LogP contribution >= 0.6 is 0 Å². The van der Waals surface area contributed by atoms with Gasteiger partial charge in [-0.3, -0.25) is 18.7 Å². The van der Waals surface area contributed by atoms with E-state index in [1.165, 1.54) is 4.57 Å². The highest BCUT2D eigenvalue weighted by atomic mass is 16.5. The Morgan fingerprint density at radius 3 is 2.47 bits per heavy atom. The van der Waals surface area contributed by atoms with Gasteiger partial charge in [0.25, 0.3) is 5.91 Å². The molecule has 0 saturated carbocycles. The average Bonchev–Trinajstić information content (AvgIpc) is 3.03. The summed E-state index contributed by atoms with van der Waals surface area (Å²) in [6.45, 7) is 2.62. The molecule has 30 heavy (non-hydrogen) atoms. The molecular formula is C23H25N3O4. The van der Waals surface area contributed by atoms with Gasteiger partial charge in [-0.25, -0.2) is 4.79 Å². The number of hydrogen-bond acceptors (Lipinski definition) is 4. The van der Waals surface area contributed by atoms with Crippen molar-refractivity contribution in [1.29, 1.82) is 0 Å². The van der Waals surface area contributed by atoms with Gasteiger partial charge in [-0.2, -0.15) is 0 Å². The van der Waals surface area contributed by atoms with Crippen LogP contribution < -0.4 is 10.6 Å². The van der Waals surface area contributed by atoms with Crippen LogP contribution in [0.15, 0.2) is 53.3 Å². The predicted molar refractivity (Wildman–Crippen MR) is 115 cm³/mol. The molecule has 0 bridgehead atoms. The number of aromatic nitrogens is 2. The number of rotatable bonds is 6. The molecule has 156 valence electrons. The molecule has 1 aliphatic heterocycles. The van der Waals surface area contributed by atoms with Crippen molar-refractivity contribution in [3.05, 3.63) is 64.6 Å². The first-order valence-electron chi connectivity index (χ1n) is 10.3. The van der Waals surface area contributed by atoms with E-state index in [1.54, 1.807) is 9.47 Å². The van der Waals surface area contributed by atoms with Gasteiger partial charge in [0.05, 0.1) is 11.0 Å². The van der Waals surface area contributed by atoms with Crippen molar-refractivity contribution in [2.24, 2.45) is 0 Å². The fourth-order valence-electron chi connectivity index (χ4n) is 4.05. The number of esters is 1. The SMILES string of the molecule is CCCn1c(=O)n(CC(=O)OCC(=O)N2CCCc3ccccc32)c2ccccc21. The van der Waals surface area contributed by atoms with E-state index in [1.807, 2.05) is 55.5 Å². The van der Waals surface area contributed by atoms with Crippen LogP contribution in [0.1, 0.15) is 25.3 Å². The minimum Gasteiger partial charge on any atom is -0.454 e. The standard InChI is InChI=1S/C23H25N3O4/c1-2-13-25-19-11-5-6-12-20(19)26(23(25)29)15-22(28)30-16-21(27)24-14-7-9-17-8-3-4-10-18(17)24/h3-6,8,10-12H,2,7,9,13-16H2,1H3. The maximum absolute atomic E-state index is 12.8. The number of carbonyl (C=O) groups excluding carboxylic acids is 2. The van der Waals surface area contributed by atoms with Crippen LogP contribution in [0.25, 0.3) is 11.0 Å². The zero-order chi connectivity index (χ0) is 21.1. The maximum Gasteiger partial charge on any atom is 0.329 e. The van der Waals surface area contributed by atoms with Gasteiger partial charge in [0.15, 0.2) is 6.61 Å². The topological polar surface area (TPSA) is 73.5 Å². The monoisotopic (exact) mass is 407 g/mol. The zero-order valence-corrected chi connectivity index (χ0v) is 17.0. The molecule has 2 aromatic carbocycles. The van der Waals surface area contributed by atoms with Gasteiger partial charge in [0.2, 0.25) is 0 Å². The lowest BCUT2D eigenvalue weighted by atomic mass is 10.0. The van der Waals surface area contributed by atoms with Crippen molar-refractivity contribution in [3.8, 4) is 0 Å². The molecule has 0 fully saturated rings. The Hall–Kier alpha value is -3.35. The van der Waals surface area contributed by atoms with Crippen LogP contribution in [0.5, 0.6) is 0 Å². The molecule has 7 nitrogen and oxygen atoms in total. The summed E-state index contributed by atoms with van der Waals surface area (Å²) in [5.74, 6) is -0.855. The number of ether oxygens (including phenoxy) is 1. The number of aryl methyl sites for hydroxylation is 2. The largest absolute Gasteiger partial charge is 0.454 e. The van der Waals surface area contributed by atoms with Crippen LogP contribution in [0.2, 0.25) is 0 Å². The van der Waals surface area contributed by atoms with Crippen LogP contribution in [0, 0.1) is 0 Å². The molecule has 0 spiro atoms. The summed E-state index contributed by atoms with van der Waals surface area (Å²) < 4.78 is 8.33. The van der Waals surface area contributed by atoms with E-state index in [4.69, 9.17) is 4.74 Å². The molecule has 0 aliphatic carbocycles. The zero-order valence-electron chi connectivity index (χ0n) is 17.0. The lowest BCUT2D eigenvalue weighted by Crippen LogP contribution is -2.38. The predicted octanol–water partition coefficient (Wildman–Crippen LogP) is 2.74. The number of carbonyl (C=O) groups is 2. The Morgan fingerprint density at radius 2 is 1.70 bits per heavy atom. The Balaban J connectivity index is 1.46. The maximum atomic E-state index is 12.8. The highest BCUT2D eigenvalue weighted by Crippen LogP contribution is 2.26. The molecule has 2 heterocycles. The normalized spacial score (nSPS) is 13.3. The number of hydrogen-bond donors (Lipinski definition) is 0. The fraction of sp³-hybridized carbons (Fsp3) is 0.348. The van der Waals surface area contributed by atoms with Crippen LogP contribution in [-0.4, -0.2) is 34.2 Å². The number of imidazole rings is 1. The molecule has 3 aromatic rings. The second-order valence-electron chi connectivity index (χ2n) is 7.45. The molecule has 0 unspecified atom stereocenters. The van der Waals surface area contributed by atoms with Gasteiger partial charge in [0.1, 0.15) is 6.54 Å². The van der Waals surface area contributed by atoms with Crippen LogP contribution in [0.3, 0.4) is 0 Å². The number of fused-ring (bicyclic) bond motifs is 2. The molecule has 1 aliphatic rings. The number of nitrogens with zero attached hydrogens (tertiary/aromatic N) is 3. The molecule has 4 rings (SSSR count). The summed E-state index contributed by atoms with van der Waals surface area (Å²) in [6, 6.07) is 15.2. The first kappa shape index (κ1) is 19.9. The Bertz CT molecular complexity index is 1140. The molecule has 0 radical (unpaired) electrons. The smallest absolute Gasteiger partial charge is 0.329 e. The van der Waals surface area contributed by atoms with E-state index in [-0.39, 0.29) is 24.7 Å². The van der Waals surface area contributed by atoms with E-state index in [0.29, 0.717) is 18.6 Å². The van der Waals surface area contributed by atoms with Crippen molar-refractivity contribution in [2.75, 3.05) is 18.1 Å². The molecule has 0 atom stereocenters. The van der Waals surface area contributed by atoms with Crippen molar-refractivity contribution in [2.45, 2.75) is 39.3 Å². The van der Waals surface area contributed by atoms with E-state index < -0.39 is 5.97 Å². The third-order valence-corrected chi connectivity index (χ3v) is 5.43. The highest BCUT2D eigenvalue weighted by molar-refractivity contribution is 5.96. The second kappa shape index (κ2) is 8.57. The molecule has 0 N–H and O–H groups in total. The van der Waals surface area contributed by atoms with Crippen molar-refractivity contribution in [3.63, 3.8) is 0 Å². The second-order valence-corrected chi connectivity index (χ2v) is 7.45. The number of benzene rings is 2. The summed E-state index contributed by atoms with van der Waals surface area (Å²) in [7, 11) is 0. The fourth-order valence-corrected chi connectivity index (χ4v) is 4.05. The first-order valence-corrected chi connectivity index (χ1v) is 10.3. The minimum absolute atomic E-state index is 0.222. The van der Waals surface area contributed by atoms with Gasteiger partial charge in [-0.15, -0.1) is 0 Å². The lowest BCUT2D eigenvalue weighted by Gasteiger charge is -2.29. The lowest BCUT2D eigenvalue weighted by molar-refractivity contribution is -0.148. The number of anilines is 1. The van der Waals surface area contributed by atoms with Gasteiger partial charge >= 0.3 is 11.7 Å². The van der Waals surface area contributed by atoms with Crippen molar-refractivity contribution >= 4 is 28.6 Å². The third-order valence-electron chi connectivity index (χ3n) is 5.43. The van der Waals surface area contributed by atoms with Crippen LogP contribution in [-0.2, 0) is 33.8 Å². The van der Waals surface area contributed by atoms with Gasteiger partial charge < -0.3 is 9.64 Å². The number of amides is 1.